The van der Waals surface area contributed by atoms with Crippen molar-refractivity contribution in [1.29, 1.82) is 0 Å². The zero-order chi connectivity index (χ0) is 12.0. The lowest BCUT2D eigenvalue weighted by molar-refractivity contribution is 0.249. The van der Waals surface area contributed by atoms with E-state index in [0.717, 1.165) is 18.4 Å². The topological polar surface area (TPSA) is 15.3 Å². The third-order valence-electron chi connectivity index (χ3n) is 3.89. The first-order valence-corrected chi connectivity index (χ1v) is 7.09. The van der Waals surface area contributed by atoms with E-state index in [1.807, 2.05) is 0 Å². The fraction of sp³-hybridized carbons (Fsp3) is 1.00. The molecule has 0 aliphatic carbocycles. The van der Waals surface area contributed by atoms with Gasteiger partial charge in [0.15, 0.2) is 0 Å². The Morgan fingerprint density at radius 2 is 1.94 bits per heavy atom. The van der Waals surface area contributed by atoms with Crippen LogP contribution in [0.3, 0.4) is 0 Å². The summed E-state index contributed by atoms with van der Waals surface area (Å²) >= 11 is 0. The largest absolute Gasteiger partial charge is 0.313 e. The summed E-state index contributed by atoms with van der Waals surface area (Å²) in [6, 6.07) is 0.639. The molecule has 1 fully saturated rings. The highest BCUT2D eigenvalue weighted by Crippen LogP contribution is 2.24. The minimum Gasteiger partial charge on any atom is -0.313 e. The second-order valence-corrected chi connectivity index (χ2v) is 5.69. The molecule has 0 bridgehead atoms. The van der Waals surface area contributed by atoms with Gasteiger partial charge in [-0.1, -0.05) is 20.8 Å². The zero-order valence-corrected chi connectivity index (χ0v) is 11.6. The van der Waals surface area contributed by atoms with Gasteiger partial charge >= 0.3 is 0 Å². The highest BCUT2D eigenvalue weighted by atomic mass is 15.1. The molecule has 0 spiro atoms. The molecule has 0 amide bonds. The summed E-state index contributed by atoms with van der Waals surface area (Å²) < 4.78 is 0. The van der Waals surface area contributed by atoms with Crippen molar-refractivity contribution in [3.05, 3.63) is 0 Å². The van der Waals surface area contributed by atoms with E-state index in [-0.39, 0.29) is 0 Å². The lowest BCUT2D eigenvalue weighted by atomic mass is 9.89. The lowest BCUT2D eigenvalue weighted by Crippen LogP contribution is -2.39. The van der Waals surface area contributed by atoms with Crippen LogP contribution in [0.5, 0.6) is 0 Å². The Hall–Kier alpha value is -0.0800. The fourth-order valence-electron chi connectivity index (χ4n) is 2.83. The van der Waals surface area contributed by atoms with E-state index in [0.29, 0.717) is 6.04 Å². The molecule has 0 aromatic heterocycles. The van der Waals surface area contributed by atoms with Gasteiger partial charge in [-0.2, -0.15) is 0 Å². The molecule has 2 atom stereocenters. The van der Waals surface area contributed by atoms with Crippen LogP contribution < -0.4 is 5.32 Å². The van der Waals surface area contributed by atoms with Crippen molar-refractivity contribution in [1.82, 2.24) is 10.2 Å². The van der Waals surface area contributed by atoms with Crippen LogP contribution in [0.2, 0.25) is 0 Å². The molecule has 0 radical (unpaired) electrons. The maximum atomic E-state index is 3.51. The Labute approximate surface area is 102 Å². The monoisotopic (exact) mass is 226 g/mol. The molecule has 1 saturated heterocycles. The minimum absolute atomic E-state index is 0.639. The average molecular weight is 226 g/mol. The van der Waals surface area contributed by atoms with Gasteiger partial charge in [-0.15, -0.1) is 0 Å². The van der Waals surface area contributed by atoms with E-state index in [4.69, 9.17) is 0 Å². The van der Waals surface area contributed by atoms with Crippen molar-refractivity contribution in [2.45, 2.75) is 53.0 Å². The van der Waals surface area contributed by atoms with Gasteiger partial charge in [0.2, 0.25) is 0 Å². The average Bonchev–Trinajstić information content (AvgIpc) is 2.43. The zero-order valence-electron chi connectivity index (χ0n) is 11.6. The van der Waals surface area contributed by atoms with Crippen molar-refractivity contribution in [2.24, 2.45) is 11.8 Å². The molecule has 1 aliphatic heterocycles. The first kappa shape index (κ1) is 14.0. The molecule has 16 heavy (non-hydrogen) atoms. The Morgan fingerprint density at radius 3 is 2.56 bits per heavy atom. The van der Waals surface area contributed by atoms with Crippen LogP contribution in [0.4, 0.5) is 0 Å². The van der Waals surface area contributed by atoms with E-state index < -0.39 is 0 Å². The maximum absolute atomic E-state index is 3.51. The second-order valence-electron chi connectivity index (χ2n) is 5.69. The van der Waals surface area contributed by atoms with Crippen molar-refractivity contribution >= 4 is 0 Å². The summed E-state index contributed by atoms with van der Waals surface area (Å²) in [6.07, 6.45) is 4.22. The van der Waals surface area contributed by atoms with Crippen molar-refractivity contribution < 1.29 is 0 Å². The van der Waals surface area contributed by atoms with Crippen molar-refractivity contribution in [3.8, 4) is 0 Å². The number of likely N-dealkylation sites (tertiary alicyclic amines) is 1. The van der Waals surface area contributed by atoms with Crippen LogP contribution in [-0.2, 0) is 0 Å². The van der Waals surface area contributed by atoms with E-state index in [1.165, 1.54) is 38.9 Å². The maximum Gasteiger partial charge on any atom is 0.0166 e. The third kappa shape index (κ3) is 4.84. The van der Waals surface area contributed by atoms with Crippen LogP contribution in [0, 0.1) is 11.8 Å². The Balaban J connectivity index is 2.29. The Kier molecular flexibility index (Phi) is 6.37. The molecular weight excluding hydrogens is 196 g/mol. The quantitative estimate of drug-likeness (QED) is 0.775. The highest BCUT2D eigenvalue weighted by molar-refractivity contribution is 4.74. The van der Waals surface area contributed by atoms with Gasteiger partial charge in [0, 0.05) is 12.6 Å². The third-order valence-corrected chi connectivity index (χ3v) is 3.89. The summed E-state index contributed by atoms with van der Waals surface area (Å²) in [7, 11) is 0. The highest BCUT2D eigenvalue weighted by Gasteiger charge is 2.20. The van der Waals surface area contributed by atoms with Gasteiger partial charge < -0.3 is 10.2 Å². The summed E-state index contributed by atoms with van der Waals surface area (Å²) in [5.74, 6) is 1.82. The molecule has 0 aromatic carbocycles. The second kappa shape index (κ2) is 7.29. The molecule has 1 rings (SSSR count). The van der Waals surface area contributed by atoms with Crippen LogP contribution in [0.25, 0.3) is 0 Å². The summed E-state index contributed by atoms with van der Waals surface area (Å²) in [5, 5.41) is 3.51. The molecule has 1 heterocycles. The Bertz CT molecular complexity index is 180. The van der Waals surface area contributed by atoms with Crippen molar-refractivity contribution in [3.63, 3.8) is 0 Å². The first-order chi connectivity index (χ1) is 7.63. The lowest BCUT2D eigenvalue weighted by Gasteiger charge is -2.24. The van der Waals surface area contributed by atoms with Crippen molar-refractivity contribution in [2.75, 3.05) is 26.2 Å². The standard InChI is InChI=1S/C14H30N2/c1-5-15-13(4)11-16-9-6-7-14(8-10-16)12(2)3/h12-15H,5-11H2,1-4H3. The van der Waals surface area contributed by atoms with Gasteiger partial charge in [-0.3, -0.25) is 0 Å². The molecule has 1 N–H and O–H groups in total. The Morgan fingerprint density at radius 1 is 1.19 bits per heavy atom. The summed E-state index contributed by atoms with van der Waals surface area (Å²) in [4.78, 5) is 2.65. The van der Waals surface area contributed by atoms with Crippen LogP contribution in [-0.4, -0.2) is 37.1 Å². The van der Waals surface area contributed by atoms with Crippen LogP contribution in [0.1, 0.15) is 47.0 Å². The summed E-state index contributed by atoms with van der Waals surface area (Å²) in [6.45, 7) is 14.2. The van der Waals surface area contributed by atoms with Gasteiger partial charge in [0.25, 0.3) is 0 Å². The number of likely N-dealkylation sites (N-methyl/N-ethyl adjacent to an activating group) is 1. The first-order valence-electron chi connectivity index (χ1n) is 7.09. The van der Waals surface area contributed by atoms with Crippen LogP contribution >= 0.6 is 0 Å². The van der Waals surface area contributed by atoms with E-state index in [2.05, 4.69) is 37.9 Å². The van der Waals surface area contributed by atoms with Gasteiger partial charge in [0.05, 0.1) is 0 Å². The smallest absolute Gasteiger partial charge is 0.0166 e. The SMILES string of the molecule is CCNC(C)CN1CCCC(C(C)C)CC1. The summed E-state index contributed by atoms with van der Waals surface area (Å²) in [5.41, 5.74) is 0. The molecule has 2 unspecified atom stereocenters. The predicted molar refractivity (Wildman–Crippen MR) is 71.8 cm³/mol. The molecular formula is C14H30N2. The van der Waals surface area contributed by atoms with E-state index in [1.54, 1.807) is 0 Å². The normalized spacial score (nSPS) is 25.7. The predicted octanol–water partition coefficient (Wildman–Crippen LogP) is 2.74. The van der Waals surface area contributed by atoms with E-state index >= 15 is 0 Å². The fourth-order valence-corrected chi connectivity index (χ4v) is 2.83. The number of nitrogens with one attached hydrogen (secondary N) is 1. The molecule has 0 aromatic rings. The molecule has 96 valence electrons. The molecule has 2 heteroatoms. The van der Waals surface area contributed by atoms with E-state index in [9.17, 15) is 0 Å². The number of hydrogen-bond donors (Lipinski definition) is 1. The number of rotatable bonds is 5. The van der Waals surface area contributed by atoms with Crippen LogP contribution in [0.15, 0.2) is 0 Å². The van der Waals surface area contributed by atoms with Gasteiger partial charge in [0.1, 0.15) is 0 Å². The molecule has 2 nitrogen and oxygen atoms in total. The molecule has 1 aliphatic rings. The minimum atomic E-state index is 0.639. The van der Waals surface area contributed by atoms with Gasteiger partial charge in [-0.05, 0) is 57.7 Å². The van der Waals surface area contributed by atoms with Gasteiger partial charge in [-0.25, -0.2) is 0 Å². The number of hydrogen-bond acceptors (Lipinski definition) is 2. The molecule has 0 saturated carbocycles. The number of nitrogens with zero attached hydrogens (tertiary/aromatic N) is 1.